The molecule has 0 bridgehead atoms. The highest BCUT2D eigenvalue weighted by molar-refractivity contribution is 7.17. The molecule has 0 saturated carbocycles. The van der Waals surface area contributed by atoms with Crippen molar-refractivity contribution in [3.8, 4) is 5.13 Å². The van der Waals surface area contributed by atoms with Gasteiger partial charge >= 0.3 is 0 Å². The fraction of sp³-hybridized carbons (Fsp3) is 0.381. The summed E-state index contributed by atoms with van der Waals surface area (Å²) in [6.07, 6.45) is 1.90. The van der Waals surface area contributed by atoms with Crippen LogP contribution in [-0.4, -0.2) is 33.8 Å². The Labute approximate surface area is 169 Å². The van der Waals surface area contributed by atoms with Gasteiger partial charge in [-0.1, -0.05) is 41.7 Å². The van der Waals surface area contributed by atoms with Crippen molar-refractivity contribution in [2.24, 2.45) is 5.92 Å². The van der Waals surface area contributed by atoms with Crippen molar-refractivity contribution in [2.45, 2.75) is 33.2 Å². The molecular formula is C21H25N5OS. The number of anilines is 1. The van der Waals surface area contributed by atoms with Gasteiger partial charge in [-0.05, 0) is 44.4 Å². The minimum atomic E-state index is -0.0140. The SMILES string of the molecule is Cc1ccc(C)n1-c1nnc(N2CCC[C@@H](C(=O)NCc3ccccc3)C2)s1. The summed E-state index contributed by atoms with van der Waals surface area (Å²) >= 11 is 1.58. The van der Waals surface area contributed by atoms with Crippen molar-refractivity contribution in [2.75, 3.05) is 18.0 Å². The van der Waals surface area contributed by atoms with Crippen LogP contribution in [0.2, 0.25) is 0 Å². The van der Waals surface area contributed by atoms with E-state index in [2.05, 4.69) is 51.0 Å². The van der Waals surface area contributed by atoms with E-state index in [1.54, 1.807) is 11.3 Å². The third-order valence-electron chi connectivity index (χ3n) is 5.24. The molecule has 1 fully saturated rings. The summed E-state index contributed by atoms with van der Waals surface area (Å²) in [5, 5.41) is 13.7. The number of aryl methyl sites for hydroxylation is 2. The van der Waals surface area contributed by atoms with Crippen LogP contribution in [0, 0.1) is 19.8 Å². The topological polar surface area (TPSA) is 63.1 Å². The summed E-state index contributed by atoms with van der Waals surface area (Å²) in [5.41, 5.74) is 3.42. The van der Waals surface area contributed by atoms with Crippen LogP contribution < -0.4 is 10.2 Å². The third kappa shape index (κ3) is 3.94. The van der Waals surface area contributed by atoms with Gasteiger partial charge in [0.05, 0.1) is 5.92 Å². The van der Waals surface area contributed by atoms with E-state index in [-0.39, 0.29) is 11.8 Å². The third-order valence-corrected chi connectivity index (χ3v) is 6.21. The standard InChI is InChI=1S/C21H25N5OS/c1-15-10-11-16(2)26(15)21-24-23-20(28-21)25-12-6-9-18(14-25)19(27)22-13-17-7-4-3-5-8-17/h3-5,7-8,10-11,18H,6,9,12-14H2,1-2H3,(H,22,27)/t18-/m1/s1. The maximum Gasteiger partial charge on any atom is 0.225 e. The number of hydrogen-bond donors (Lipinski definition) is 1. The van der Waals surface area contributed by atoms with E-state index in [4.69, 9.17) is 0 Å². The first-order valence-electron chi connectivity index (χ1n) is 9.67. The summed E-state index contributed by atoms with van der Waals surface area (Å²) in [6, 6.07) is 14.2. The van der Waals surface area contributed by atoms with Crippen LogP contribution in [0.25, 0.3) is 5.13 Å². The first-order chi connectivity index (χ1) is 13.6. The highest BCUT2D eigenvalue weighted by Crippen LogP contribution is 2.29. The Balaban J connectivity index is 1.41. The molecule has 146 valence electrons. The molecule has 1 atom stereocenters. The second kappa shape index (κ2) is 8.14. The number of nitrogens with zero attached hydrogens (tertiary/aromatic N) is 4. The molecular weight excluding hydrogens is 370 g/mol. The quantitative estimate of drug-likeness (QED) is 0.718. The van der Waals surface area contributed by atoms with E-state index in [1.165, 1.54) is 0 Å². The average molecular weight is 396 g/mol. The maximum absolute atomic E-state index is 12.7. The Bertz CT molecular complexity index is 929. The number of piperidine rings is 1. The predicted molar refractivity (Wildman–Crippen MR) is 112 cm³/mol. The number of amides is 1. The number of carbonyl (C=O) groups excluding carboxylic acids is 1. The van der Waals surface area contributed by atoms with E-state index in [0.717, 1.165) is 46.6 Å². The maximum atomic E-state index is 12.7. The molecule has 0 radical (unpaired) electrons. The van der Waals surface area contributed by atoms with Gasteiger partial charge in [0.15, 0.2) is 0 Å². The fourth-order valence-corrected chi connectivity index (χ4v) is 4.69. The molecule has 2 aromatic heterocycles. The highest BCUT2D eigenvalue weighted by atomic mass is 32.1. The van der Waals surface area contributed by atoms with Gasteiger partial charge in [0, 0.05) is 31.0 Å². The van der Waals surface area contributed by atoms with Crippen molar-refractivity contribution in [3.05, 3.63) is 59.4 Å². The molecule has 0 unspecified atom stereocenters. The van der Waals surface area contributed by atoms with Crippen molar-refractivity contribution >= 4 is 22.4 Å². The van der Waals surface area contributed by atoms with Gasteiger partial charge in [-0.15, -0.1) is 10.2 Å². The molecule has 0 spiro atoms. The van der Waals surface area contributed by atoms with Gasteiger partial charge in [0.25, 0.3) is 0 Å². The zero-order valence-corrected chi connectivity index (χ0v) is 17.1. The number of rotatable bonds is 5. The van der Waals surface area contributed by atoms with Gasteiger partial charge in [0.1, 0.15) is 0 Å². The number of hydrogen-bond acceptors (Lipinski definition) is 5. The number of benzene rings is 1. The minimum absolute atomic E-state index is 0.0140. The molecule has 1 amide bonds. The van der Waals surface area contributed by atoms with Crippen molar-refractivity contribution in [1.29, 1.82) is 0 Å². The minimum Gasteiger partial charge on any atom is -0.352 e. The van der Waals surface area contributed by atoms with Crippen LogP contribution in [0.1, 0.15) is 29.8 Å². The van der Waals surface area contributed by atoms with E-state index >= 15 is 0 Å². The van der Waals surface area contributed by atoms with Gasteiger partial charge < -0.3 is 10.2 Å². The smallest absolute Gasteiger partial charge is 0.225 e. The number of carbonyl (C=O) groups is 1. The Morgan fingerprint density at radius 1 is 1.11 bits per heavy atom. The van der Waals surface area contributed by atoms with E-state index in [0.29, 0.717) is 13.1 Å². The second-order valence-corrected chi connectivity index (χ2v) is 8.24. The summed E-state index contributed by atoms with van der Waals surface area (Å²) in [7, 11) is 0. The van der Waals surface area contributed by atoms with Crippen LogP contribution in [0.15, 0.2) is 42.5 Å². The summed E-state index contributed by atoms with van der Waals surface area (Å²) in [5.74, 6) is 0.107. The number of aromatic nitrogens is 3. The van der Waals surface area contributed by atoms with Crippen LogP contribution >= 0.6 is 11.3 Å². The van der Waals surface area contributed by atoms with E-state index < -0.39 is 0 Å². The van der Waals surface area contributed by atoms with Crippen molar-refractivity contribution in [1.82, 2.24) is 20.1 Å². The van der Waals surface area contributed by atoms with Crippen molar-refractivity contribution in [3.63, 3.8) is 0 Å². The summed E-state index contributed by atoms with van der Waals surface area (Å²) < 4.78 is 2.12. The molecule has 4 rings (SSSR count). The molecule has 1 saturated heterocycles. The predicted octanol–water partition coefficient (Wildman–Crippen LogP) is 3.48. The van der Waals surface area contributed by atoms with Gasteiger partial charge in [0.2, 0.25) is 16.2 Å². The molecule has 7 heteroatoms. The Morgan fingerprint density at radius 2 is 1.82 bits per heavy atom. The molecule has 3 aromatic rings. The monoisotopic (exact) mass is 395 g/mol. The first kappa shape index (κ1) is 18.7. The Morgan fingerprint density at radius 3 is 2.57 bits per heavy atom. The lowest BCUT2D eigenvalue weighted by molar-refractivity contribution is -0.125. The molecule has 1 N–H and O–H groups in total. The molecule has 6 nitrogen and oxygen atoms in total. The van der Waals surface area contributed by atoms with Crippen molar-refractivity contribution < 1.29 is 4.79 Å². The van der Waals surface area contributed by atoms with Crippen LogP contribution in [0.4, 0.5) is 5.13 Å². The molecule has 28 heavy (non-hydrogen) atoms. The first-order valence-corrected chi connectivity index (χ1v) is 10.5. The zero-order chi connectivity index (χ0) is 19.5. The summed E-state index contributed by atoms with van der Waals surface area (Å²) in [6.45, 7) is 6.33. The molecule has 0 aliphatic carbocycles. The second-order valence-electron chi connectivity index (χ2n) is 7.31. The van der Waals surface area contributed by atoms with Gasteiger partial charge in [-0.2, -0.15) is 0 Å². The zero-order valence-electron chi connectivity index (χ0n) is 16.3. The van der Waals surface area contributed by atoms with Crippen LogP contribution in [0.5, 0.6) is 0 Å². The van der Waals surface area contributed by atoms with E-state index in [1.807, 2.05) is 30.3 Å². The molecule has 1 aliphatic rings. The molecule has 3 heterocycles. The Kier molecular flexibility index (Phi) is 5.43. The lowest BCUT2D eigenvalue weighted by atomic mass is 9.97. The lowest BCUT2D eigenvalue weighted by Crippen LogP contribution is -2.43. The van der Waals surface area contributed by atoms with Gasteiger partial charge in [-0.3, -0.25) is 9.36 Å². The van der Waals surface area contributed by atoms with Gasteiger partial charge in [-0.25, -0.2) is 0 Å². The average Bonchev–Trinajstić information content (AvgIpc) is 3.33. The normalized spacial score (nSPS) is 16.9. The van der Waals surface area contributed by atoms with Crippen LogP contribution in [0.3, 0.4) is 0 Å². The largest absolute Gasteiger partial charge is 0.352 e. The Hall–Kier alpha value is -2.67. The fourth-order valence-electron chi connectivity index (χ4n) is 3.69. The summed E-state index contributed by atoms with van der Waals surface area (Å²) in [4.78, 5) is 14.9. The molecule has 1 aliphatic heterocycles. The lowest BCUT2D eigenvalue weighted by Gasteiger charge is -2.31. The molecule has 1 aromatic carbocycles. The van der Waals surface area contributed by atoms with Crippen LogP contribution in [-0.2, 0) is 11.3 Å². The number of nitrogens with one attached hydrogen (secondary N) is 1. The highest BCUT2D eigenvalue weighted by Gasteiger charge is 2.27. The van der Waals surface area contributed by atoms with E-state index in [9.17, 15) is 4.79 Å².